The van der Waals surface area contributed by atoms with Gasteiger partial charge in [-0.05, 0) is 18.6 Å². The summed E-state index contributed by atoms with van der Waals surface area (Å²) in [6, 6.07) is 4.28. The number of benzene rings is 1. The predicted octanol–water partition coefficient (Wildman–Crippen LogP) is 1.80. The van der Waals surface area contributed by atoms with E-state index in [-0.39, 0.29) is 18.0 Å². The van der Waals surface area contributed by atoms with E-state index in [0.717, 1.165) is 12.1 Å². The van der Waals surface area contributed by atoms with Gasteiger partial charge in [-0.1, -0.05) is 6.07 Å². The SMILES string of the molecule is O=C1CCC(C(=O)Nc2cccc(OC(F)(F)F)c2)N1. The summed E-state index contributed by atoms with van der Waals surface area (Å²) in [6.07, 6.45) is -4.17. The van der Waals surface area contributed by atoms with Crippen molar-refractivity contribution in [1.29, 1.82) is 0 Å². The van der Waals surface area contributed by atoms with Crippen molar-refractivity contribution in [2.75, 3.05) is 5.32 Å². The Morgan fingerprint density at radius 3 is 2.75 bits per heavy atom. The van der Waals surface area contributed by atoms with E-state index < -0.39 is 24.1 Å². The normalized spacial score (nSPS) is 18.6. The fraction of sp³-hybridized carbons (Fsp3) is 0.333. The molecule has 1 aromatic rings. The monoisotopic (exact) mass is 288 g/mol. The highest BCUT2D eigenvalue weighted by Gasteiger charge is 2.31. The Hall–Kier alpha value is -2.25. The molecule has 1 aromatic carbocycles. The smallest absolute Gasteiger partial charge is 0.406 e. The molecule has 8 heteroatoms. The molecule has 5 nitrogen and oxygen atoms in total. The number of rotatable bonds is 3. The predicted molar refractivity (Wildman–Crippen MR) is 62.9 cm³/mol. The van der Waals surface area contributed by atoms with Crippen LogP contribution >= 0.6 is 0 Å². The summed E-state index contributed by atoms with van der Waals surface area (Å²) in [6.45, 7) is 0. The largest absolute Gasteiger partial charge is 0.573 e. The molecule has 0 radical (unpaired) electrons. The minimum Gasteiger partial charge on any atom is -0.406 e. The number of carbonyl (C=O) groups excluding carboxylic acids is 2. The molecular weight excluding hydrogens is 277 g/mol. The van der Waals surface area contributed by atoms with Crippen LogP contribution in [0.4, 0.5) is 18.9 Å². The van der Waals surface area contributed by atoms with Crippen molar-refractivity contribution in [3.05, 3.63) is 24.3 Å². The second-order valence-electron chi connectivity index (χ2n) is 4.22. The van der Waals surface area contributed by atoms with Crippen LogP contribution in [-0.2, 0) is 9.59 Å². The van der Waals surface area contributed by atoms with Crippen molar-refractivity contribution in [2.24, 2.45) is 0 Å². The molecule has 1 heterocycles. The Morgan fingerprint density at radius 2 is 2.15 bits per heavy atom. The zero-order valence-corrected chi connectivity index (χ0v) is 10.2. The number of anilines is 1. The highest BCUT2D eigenvalue weighted by molar-refractivity contribution is 5.99. The maximum Gasteiger partial charge on any atom is 0.573 e. The van der Waals surface area contributed by atoms with E-state index in [4.69, 9.17) is 0 Å². The highest BCUT2D eigenvalue weighted by Crippen LogP contribution is 2.25. The number of alkyl halides is 3. The van der Waals surface area contributed by atoms with Crippen molar-refractivity contribution in [3.8, 4) is 5.75 Å². The first kappa shape index (κ1) is 14.2. The lowest BCUT2D eigenvalue weighted by Crippen LogP contribution is -2.37. The molecule has 1 fully saturated rings. The number of carbonyl (C=O) groups is 2. The summed E-state index contributed by atoms with van der Waals surface area (Å²) in [5.41, 5.74) is 0.165. The van der Waals surface area contributed by atoms with Crippen molar-refractivity contribution in [1.82, 2.24) is 5.32 Å². The van der Waals surface area contributed by atoms with Crippen LogP contribution in [0, 0.1) is 0 Å². The second-order valence-corrected chi connectivity index (χ2v) is 4.22. The average Bonchev–Trinajstić information content (AvgIpc) is 2.74. The Kier molecular flexibility index (Phi) is 3.82. The molecule has 1 aliphatic heterocycles. The topological polar surface area (TPSA) is 67.4 Å². The van der Waals surface area contributed by atoms with E-state index in [0.29, 0.717) is 6.42 Å². The minimum absolute atomic E-state index is 0.165. The van der Waals surface area contributed by atoms with Gasteiger partial charge in [0.2, 0.25) is 11.8 Å². The van der Waals surface area contributed by atoms with Gasteiger partial charge in [-0.3, -0.25) is 9.59 Å². The molecule has 0 aliphatic carbocycles. The van der Waals surface area contributed by atoms with Crippen LogP contribution in [0.3, 0.4) is 0 Å². The fourth-order valence-electron chi connectivity index (χ4n) is 1.81. The lowest BCUT2D eigenvalue weighted by molar-refractivity contribution is -0.274. The van der Waals surface area contributed by atoms with Crippen LogP contribution < -0.4 is 15.4 Å². The van der Waals surface area contributed by atoms with Crippen molar-refractivity contribution in [3.63, 3.8) is 0 Å². The van der Waals surface area contributed by atoms with E-state index >= 15 is 0 Å². The van der Waals surface area contributed by atoms with E-state index in [1.54, 1.807) is 0 Å². The molecular formula is C12H11F3N2O3. The van der Waals surface area contributed by atoms with Crippen LogP contribution in [0.25, 0.3) is 0 Å². The summed E-state index contributed by atoms with van der Waals surface area (Å²) in [5, 5.41) is 4.89. The lowest BCUT2D eigenvalue weighted by Gasteiger charge is -2.13. The molecule has 1 atom stereocenters. The molecule has 108 valence electrons. The van der Waals surface area contributed by atoms with Gasteiger partial charge < -0.3 is 15.4 Å². The van der Waals surface area contributed by atoms with Crippen molar-refractivity contribution >= 4 is 17.5 Å². The van der Waals surface area contributed by atoms with Crippen molar-refractivity contribution < 1.29 is 27.5 Å². The van der Waals surface area contributed by atoms with Crippen LogP contribution in [0.15, 0.2) is 24.3 Å². The van der Waals surface area contributed by atoms with Gasteiger partial charge in [0.15, 0.2) is 0 Å². The molecule has 2 rings (SSSR count). The van der Waals surface area contributed by atoms with Crippen LogP contribution in [0.1, 0.15) is 12.8 Å². The summed E-state index contributed by atoms with van der Waals surface area (Å²) < 4.78 is 39.9. The van der Waals surface area contributed by atoms with Crippen LogP contribution in [-0.4, -0.2) is 24.2 Å². The van der Waals surface area contributed by atoms with Gasteiger partial charge in [-0.2, -0.15) is 0 Å². The maximum atomic E-state index is 12.1. The van der Waals surface area contributed by atoms with Gasteiger partial charge in [0, 0.05) is 18.2 Å². The summed E-state index contributed by atoms with van der Waals surface area (Å²) in [4.78, 5) is 22.8. The third-order valence-corrected chi connectivity index (χ3v) is 2.65. The van der Waals surface area contributed by atoms with Gasteiger partial charge in [0.05, 0.1) is 0 Å². The number of hydrogen-bond acceptors (Lipinski definition) is 3. The zero-order chi connectivity index (χ0) is 14.8. The number of amides is 2. The van der Waals surface area contributed by atoms with Gasteiger partial charge in [-0.25, -0.2) is 0 Å². The lowest BCUT2D eigenvalue weighted by atomic mass is 10.2. The average molecular weight is 288 g/mol. The quantitative estimate of drug-likeness (QED) is 0.891. The van der Waals surface area contributed by atoms with Crippen LogP contribution in [0.2, 0.25) is 0 Å². The van der Waals surface area contributed by atoms with Gasteiger partial charge >= 0.3 is 6.36 Å². The molecule has 20 heavy (non-hydrogen) atoms. The fourth-order valence-corrected chi connectivity index (χ4v) is 1.81. The summed E-state index contributed by atoms with van der Waals surface area (Å²) in [7, 11) is 0. The Balaban J connectivity index is 2.01. The van der Waals surface area contributed by atoms with Gasteiger partial charge in [0.1, 0.15) is 11.8 Å². The van der Waals surface area contributed by atoms with E-state index in [1.165, 1.54) is 12.1 Å². The van der Waals surface area contributed by atoms with Gasteiger partial charge in [0.25, 0.3) is 0 Å². The molecule has 1 unspecified atom stereocenters. The zero-order valence-electron chi connectivity index (χ0n) is 10.2. The van der Waals surface area contributed by atoms with E-state index in [2.05, 4.69) is 15.4 Å². The molecule has 1 aliphatic rings. The molecule has 0 bridgehead atoms. The number of ether oxygens (including phenoxy) is 1. The number of halogens is 3. The van der Waals surface area contributed by atoms with Gasteiger partial charge in [-0.15, -0.1) is 13.2 Å². The maximum absolute atomic E-state index is 12.1. The third kappa shape index (κ3) is 3.87. The Morgan fingerprint density at radius 1 is 1.40 bits per heavy atom. The van der Waals surface area contributed by atoms with E-state index in [9.17, 15) is 22.8 Å². The summed E-state index contributed by atoms with van der Waals surface area (Å²) >= 11 is 0. The highest BCUT2D eigenvalue weighted by atomic mass is 19.4. The summed E-state index contributed by atoms with van der Waals surface area (Å²) in [5.74, 6) is -1.12. The third-order valence-electron chi connectivity index (χ3n) is 2.65. The van der Waals surface area contributed by atoms with Crippen molar-refractivity contribution in [2.45, 2.75) is 25.2 Å². The molecule has 1 saturated heterocycles. The molecule has 0 aromatic heterocycles. The minimum atomic E-state index is -4.79. The molecule has 2 amide bonds. The van der Waals surface area contributed by atoms with E-state index in [1.807, 2.05) is 0 Å². The first-order valence-corrected chi connectivity index (χ1v) is 5.79. The molecule has 0 spiro atoms. The first-order chi connectivity index (χ1) is 9.33. The number of nitrogens with one attached hydrogen (secondary N) is 2. The Labute approximate surface area is 112 Å². The molecule has 2 N–H and O–H groups in total. The second kappa shape index (κ2) is 5.40. The number of hydrogen-bond donors (Lipinski definition) is 2. The first-order valence-electron chi connectivity index (χ1n) is 5.79. The van der Waals surface area contributed by atoms with Crippen LogP contribution in [0.5, 0.6) is 5.75 Å². The standard InChI is InChI=1S/C12H11F3N2O3/c13-12(14,15)20-8-3-1-2-7(6-8)16-11(19)9-4-5-10(18)17-9/h1-3,6,9H,4-5H2,(H,16,19)(H,17,18). The molecule has 0 saturated carbocycles. The Bertz CT molecular complexity index is 531.